The molecular weight excluding hydrogens is 385 g/mol. The highest BCUT2D eigenvalue weighted by molar-refractivity contribution is 6.42. The number of hydrogen-bond acceptors (Lipinski definition) is 5. The zero-order chi connectivity index (χ0) is 19.1. The molecule has 26 heavy (non-hydrogen) atoms. The van der Waals surface area contributed by atoms with Crippen molar-refractivity contribution in [3.63, 3.8) is 0 Å². The summed E-state index contributed by atoms with van der Waals surface area (Å²) in [6, 6.07) is 9.83. The van der Waals surface area contributed by atoms with Gasteiger partial charge in [0, 0.05) is 23.8 Å². The van der Waals surface area contributed by atoms with E-state index in [4.69, 9.17) is 27.9 Å². The van der Waals surface area contributed by atoms with Gasteiger partial charge in [-0.1, -0.05) is 29.3 Å². The van der Waals surface area contributed by atoms with Crippen molar-refractivity contribution in [2.75, 3.05) is 6.61 Å². The summed E-state index contributed by atoms with van der Waals surface area (Å²) in [7, 11) is 0. The number of carbonyl (C=O) groups excluding carboxylic acids is 2. The summed E-state index contributed by atoms with van der Waals surface area (Å²) in [6.07, 6.45) is -0.0323. The Morgan fingerprint density at radius 1 is 1.08 bits per heavy atom. The van der Waals surface area contributed by atoms with Gasteiger partial charge in [0.15, 0.2) is 0 Å². The van der Waals surface area contributed by atoms with Crippen molar-refractivity contribution in [3.05, 3.63) is 68.2 Å². The van der Waals surface area contributed by atoms with Crippen molar-refractivity contribution in [1.82, 2.24) is 10.9 Å². The lowest BCUT2D eigenvalue weighted by Crippen LogP contribution is -2.42. The van der Waals surface area contributed by atoms with E-state index < -0.39 is 16.7 Å². The van der Waals surface area contributed by atoms with Crippen LogP contribution in [0.15, 0.2) is 42.5 Å². The topological polar surface area (TPSA) is 111 Å². The number of hydrazine groups is 1. The molecule has 2 aromatic carbocycles. The van der Waals surface area contributed by atoms with Crippen molar-refractivity contribution >= 4 is 40.7 Å². The van der Waals surface area contributed by atoms with Gasteiger partial charge in [-0.05, 0) is 18.2 Å². The Morgan fingerprint density at radius 3 is 2.54 bits per heavy atom. The van der Waals surface area contributed by atoms with Crippen LogP contribution in [0, 0.1) is 10.1 Å². The molecule has 0 aliphatic rings. The van der Waals surface area contributed by atoms with Gasteiger partial charge in [0.2, 0.25) is 5.91 Å². The number of non-ortho nitro benzene ring substituents is 1. The summed E-state index contributed by atoms with van der Waals surface area (Å²) < 4.78 is 5.35. The number of nitrogens with one attached hydrogen (secondary N) is 2. The first-order valence-corrected chi connectivity index (χ1v) is 8.04. The van der Waals surface area contributed by atoms with Gasteiger partial charge in [0.05, 0.1) is 28.0 Å². The second-order valence-electron chi connectivity index (χ2n) is 4.98. The third kappa shape index (κ3) is 5.61. The summed E-state index contributed by atoms with van der Waals surface area (Å²) in [4.78, 5) is 33.7. The molecule has 0 aliphatic carbocycles. The molecule has 10 heteroatoms. The molecule has 2 amide bonds. The molecule has 2 aromatic rings. The van der Waals surface area contributed by atoms with Gasteiger partial charge in [0.25, 0.3) is 11.6 Å². The quantitative estimate of drug-likeness (QED) is 0.574. The number of amides is 2. The number of carbonyl (C=O) groups is 2. The largest absolute Gasteiger partial charge is 0.493 e. The summed E-state index contributed by atoms with van der Waals surface area (Å²) in [6.45, 7) is 0.0521. The molecule has 0 bridgehead atoms. The van der Waals surface area contributed by atoms with Gasteiger partial charge in [-0.25, -0.2) is 0 Å². The zero-order valence-electron chi connectivity index (χ0n) is 13.2. The first-order valence-electron chi connectivity index (χ1n) is 7.28. The van der Waals surface area contributed by atoms with Crippen LogP contribution in [0.5, 0.6) is 5.75 Å². The molecule has 0 heterocycles. The molecule has 0 aliphatic heterocycles. The van der Waals surface area contributed by atoms with Crippen LogP contribution in [-0.2, 0) is 4.79 Å². The molecule has 136 valence electrons. The van der Waals surface area contributed by atoms with Crippen LogP contribution in [0.1, 0.15) is 16.8 Å². The minimum atomic E-state index is -0.674. The molecule has 0 saturated heterocycles. The van der Waals surface area contributed by atoms with E-state index in [1.807, 2.05) is 0 Å². The van der Waals surface area contributed by atoms with Crippen molar-refractivity contribution in [2.24, 2.45) is 0 Å². The van der Waals surface area contributed by atoms with Gasteiger partial charge in [-0.3, -0.25) is 30.6 Å². The fourth-order valence-electron chi connectivity index (χ4n) is 1.85. The number of halogens is 2. The number of nitro benzene ring substituents is 1. The Balaban J connectivity index is 1.77. The van der Waals surface area contributed by atoms with E-state index in [0.717, 1.165) is 6.07 Å². The lowest BCUT2D eigenvalue weighted by Gasteiger charge is -2.09. The van der Waals surface area contributed by atoms with Crippen LogP contribution in [0.25, 0.3) is 0 Å². The summed E-state index contributed by atoms with van der Waals surface area (Å²) >= 11 is 11.6. The number of nitro groups is 1. The van der Waals surface area contributed by atoms with E-state index in [1.54, 1.807) is 12.1 Å². The molecule has 0 saturated carbocycles. The molecule has 8 nitrogen and oxygen atoms in total. The maximum absolute atomic E-state index is 11.9. The highest BCUT2D eigenvalue weighted by Crippen LogP contribution is 2.26. The maximum atomic E-state index is 11.9. The number of rotatable bonds is 6. The summed E-state index contributed by atoms with van der Waals surface area (Å²) in [5.74, 6) is -0.718. The third-order valence-corrected chi connectivity index (χ3v) is 3.86. The third-order valence-electron chi connectivity index (χ3n) is 3.12. The Hall–Kier alpha value is -2.84. The molecular formula is C16H13Cl2N3O5. The Morgan fingerprint density at radius 2 is 1.85 bits per heavy atom. The van der Waals surface area contributed by atoms with Crippen LogP contribution in [0.2, 0.25) is 10.0 Å². The van der Waals surface area contributed by atoms with Gasteiger partial charge in [0.1, 0.15) is 5.75 Å². The molecule has 2 rings (SSSR count). The molecule has 0 radical (unpaired) electrons. The lowest BCUT2D eigenvalue weighted by molar-refractivity contribution is -0.384. The molecule has 0 unspecified atom stereocenters. The molecule has 2 N–H and O–H groups in total. The molecule has 0 spiro atoms. The van der Waals surface area contributed by atoms with Gasteiger partial charge in [-0.2, -0.15) is 0 Å². The average molecular weight is 398 g/mol. The Kier molecular flexibility index (Phi) is 6.76. The zero-order valence-corrected chi connectivity index (χ0v) is 14.7. The highest BCUT2D eigenvalue weighted by atomic mass is 35.5. The average Bonchev–Trinajstić information content (AvgIpc) is 2.62. The van der Waals surface area contributed by atoms with E-state index in [-0.39, 0.29) is 24.3 Å². The van der Waals surface area contributed by atoms with E-state index in [1.165, 1.54) is 24.3 Å². The van der Waals surface area contributed by atoms with Crippen LogP contribution < -0.4 is 15.6 Å². The van der Waals surface area contributed by atoms with Crippen LogP contribution >= 0.6 is 23.2 Å². The fourth-order valence-corrected chi connectivity index (χ4v) is 2.14. The number of ether oxygens (including phenoxy) is 1. The second kappa shape index (κ2) is 9.02. The fraction of sp³-hybridized carbons (Fsp3) is 0.125. The lowest BCUT2D eigenvalue weighted by atomic mass is 10.2. The Labute approximate surface area is 158 Å². The smallest absolute Gasteiger partial charge is 0.270 e. The van der Waals surface area contributed by atoms with Crippen LogP contribution in [0.4, 0.5) is 5.69 Å². The summed E-state index contributed by atoms with van der Waals surface area (Å²) in [5, 5.41) is 11.4. The predicted octanol–water partition coefficient (Wildman–Crippen LogP) is 3.13. The minimum absolute atomic E-state index is 0.0323. The molecule has 0 atom stereocenters. The van der Waals surface area contributed by atoms with Crippen molar-refractivity contribution in [1.29, 1.82) is 0 Å². The van der Waals surface area contributed by atoms with E-state index in [2.05, 4.69) is 10.9 Å². The SMILES string of the molecule is O=C(CCOc1ccc(Cl)c(Cl)c1)NNC(=O)c1cccc([N+](=O)[O-])c1. The van der Waals surface area contributed by atoms with Crippen molar-refractivity contribution in [2.45, 2.75) is 6.42 Å². The van der Waals surface area contributed by atoms with E-state index in [9.17, 15) is 19.7 Å². The van der Waals surface area contributed by atoms with E-state index >= 15 is 0 Å². The maximum Gasteiger partial charge on any atom is 0.270 e. The predicted molar refractivity (Wildman–Crippen MR) is 95.3 cm³/mol. The van der Waals surface area contributed by atoms with Gasteiger partial charge in [-0.15, -0.1) is 0 Å². The van der Waals surface area contributed by atoms with Crippen molar-refractivity contribution < 1.29 is 19.2 Å². The van der Waals surface area contributed by atoms with Gasteiger partial charge >= 0.3 is 0 Å². The van der Waals surface area contributed by atoms with Crippen LogP contribution in [-0.4, -0.2) is 23.3 Å². The number of nitrogens with zero attached hydrogens (tertiary/aromatic N) is 1. The minimum Gasteiger partial charge on any atom is -0.493 e. The second-order valence-corrected chi connectivity index (χ2v) is 5.80. The monoisotopic (exact) mass is 397 g/mol. The van der Waals surface area contributed by atoms with Crippen molar-refractivity contribution in [3.8, 4) is 5.75 Å². The van der Waals surface area contributed by atoms with Crippen LogP contribution in [0.3, 0.4) is 0 Å². The molecule has 0 fully saturated rings. The van der Waals surface area contributed by atoms with Gasteiger partial charge < -0.3 is 4.74 Å². The first kappa shape index (κ1) is 19.5. The summed E-state index contributed by atoms with van der Waals surface area (Å²) in [5.41, 5.74) is 4.20. The Bertz CT molecular complexity index is 844. The first-order chi connectivity index (χ1) is 12.4. The van der Waals surface area contributed by atoms with E-state index in [0.29, 0.717) is 15.8 Å². The number of hydrogen-bond donors (Lipinski definition) is 2. The number of benzene rings is 2. The normalized spacial score (nSPS) is 10.1. The molecule has 0 aromatic heterocycles. The standard InChI is InChI=1S/C16H13Cl2N3O5/c17-13-5-4-12(9-14(13)18)26-7-6-15(22)19-20-16(23)10-2-1-3-11(8-10)21(24)25/h1-5,8-9H,6-7H2,(H,19,22)(H,20,23). The highest BCUT2D eigenvalue weighted by Gasteiger charge is 2.12.